The van der Waals surface area contributed by atoms with E-state index in [1.165, 1.54) is 12.1 Å². The van der Waals surface area contributed by atoms with Crippen LogP contribution >= 0.6 is 0 Å². The van der Waals surface area contributed by atoms with Gasteiger partial charge in [-0.25, -0.2) is 8.42 Å². The first kappa shape index (κ1) is 17.0. The van der Waals surface area contributed by atoms with Gasteiger partial charge in [-0.1, -0.05) is 6.07 Å². The molecule has 0 spiro atoms. The van der Waals surface area contributed by atoms with Crippen LogP contribution in [-0.4, -0.2) is 20.0 Å². The van der Waals surface area contributed by atoms with Crippen molar-refractivity contribution in [3.05, 3.63) is 64.4 Å². The number of aryl methyl sites for hydroxylation is 1. The number of aromatic amines is 1. The van der Waals surface area contributed by atoms with Gasteiger partial charge in [0.25, 0.3) is 15.6 Å². The number of anilines is 1. The maximum Gasteiger partial charge on any atom is 0.261 e. The first-order valence-electron chi connectivity index (χ1n) is 7.78. The fraction of sp³-hybridized carbons (Fsp3) is 0.167. The number of aromatic nitrogens is 1. The summed E-state index contributed by atoms with van der Waals surface area (Å²) in [6, 6.07) is 13.0. The van der Waals surface area contributed by atoms with Crippen molar-refractivity contribution in [2.24, 2.45) is 0 Å². The minimum absolute atomic E-state index is 0.133. The van der Waals surface area contributed by atoms with Gasteiger partial charge in [0.2, 0.25) is 0 Å². The molecule has 0 saturated carbocycles. The van der Waals surface area contributed by atoms with Crippen LogP contribution in [0.5, 0.6) is 5.75 Å². The van der Waals surface area contributed by atoms with Crippen LogP contribution in [0.25, 0.3) is 10.9 Å². The number of hydrogen-bond acceptors (Lipinski definition) is 4. The molecule has 0 radical (unpaired) electrons. The van der Waals surface area contributed by atoms with Crippen LogP contribution in [0.3, 0.4) is 0 Å². The van der Waals surface area contributed by atoms with Crippen LogP contribution in [0.1, 0.15) is 12.5 Å². The number of hydrogen-bond donors (Lipinski definition) is 2. The molecule has 25 heavy (non-hydrogen) atoms. The van der Waals surface area contributed by atoms with E-state index in [1.807, 2.05) is 6.92 Å². The van der Waals surface area contributed by atoms with Gasteiger partial charge in [-0.15, -0.1) is 0 Å². The Hall–Kier alpha value is -2.80. The van der Waals surface area contributed by atoms with Crippen LogP contribution < -0.4 is 15.0 Å². The second-order valence-electron chi connectivity index (χ2n) is 5.59. The molecular weight excluding hydrogens is 340 g/mol. The zero-order valence-corrected chi connectivity index (χ0v) is 14.7. The summed E-state index contributed by atoms with van der Waals surface area (Å²) in [6.07, 6.45) is 0. The number of fused-ring (bicyclic) bond motifs is 1. The molecule has 0 aliphatic rings. The van der Waals surface area contributed by atoms with Crippen molar-refractivity contribution in [1.82, 2.24) is 4.98 Å². The Kier molecular flexibility index (Phi) is 4.50. The van der Waals surface area contributed by atoms with Gasteiger partial charge in [0.05, 0.1) is 22.7 Å². The summed E-state index contributed by atoms with van der Waals surface area (Å²) in [5.41, 5.74) is 1.36. The van der Waals surface area contributed by atoms with Crippen LogP contribution in [0.4, 0.5) is 5.69 Å². The van der Waals surface area contributed by atoms with Gasteiger partial charge in [-0.3, -0.25) is 9.52 Å². The molecule has 3 aromatic rings. The van der Waals surface area contributed by atoms with E-state index < -0.39 is 10.0 Å². The number of benzene rings is 2. The van der Waals surface area contributed by atoms with E-state index in [0.717, 1.165) is 5.39 Å². The molecule has 2 N–H and O–H groups in total. The Bertz CT molecular complexity index is 1070. The van der Waals surface area contributed by atoms with E-state index in [-0.39, 0.29) is 10.5 Å². The first-order valence-corrected chi connectivity index (χ1v) is 9.27. The molecule has 7 heteroatoms. The van der Waals surface area contributed by atoms with E-state index in [1.54, 1.807) is 43.3 Å². The van der Waals surface area contributed by atoms with Gasteiger partial charge in [0.15, 0.2) is 0 Å². The molecule has 0 bridgehead atoms. The number of sulfonamides is 1. The quantitative estimate of drug-likeness (QED) is 0.734. The van der Waals surface area contributed by atoms with Crippen LogP contribution in [-0.2, 0) is 10.0 Å². The zero-order chi connectivity index (χ0) is 18.0. The molecule has 0 saturated heterocycles. The van der Waals surface area contributed by atoms with E-state index in [2.05, 4.69) is 9.71 Å². The average Bonchev–Trinajstić information content (AvgIpc) is 2.57. The molecular formula is C18H18N2O4S. The molecule has 1 heterocycles. The smallest absolute Gasteiger partial charge is 0.261 e. The molecule has 0 unspecified atom stereocenters. The summed E-state index contributed by atoms with van der Waals surface area (Å²) in [7, 11) is -3.73. The van der Waals surface area contributed by atoms with Gasteiger partial charge in [-0.05, 0) is 61.7 Å². The highest BCUT2D eigenvalue weighted by molar-refractivity contribution is 7.92. The molecule has 0 aliphatic heterocycles. The number of nitrogens with one attached hydrogen (secondary N) is 2. The topological polar surface area (TPSA) is 88.3 Å². The third-order valence-corrected chi connectivity index (χ3v) is 5.13. The molecule has 0 fully saturated rings. The number of ether oxygens (including phenoxy) is 1. The van der Waals surface area contributed by atoms with Crippen molar-refractivity contribution in [2.75, 3.05) is 11.3 Å². The van der Waals surface area contributed by atoms with E-state index in [4.69, 9.17) is 4.74 Å². The Labute approximate surface area is 145 Å². The van der Waals surface area contributed by atoms with Gasteiger partial charge >= 0.3 is 0 Å². The highest BCUT2D eigenvalue weighted by atomic mass is 32.2. The fourth-order valence-electron chi connectivity index (χ4n) is 2.47. The molecule has 2 aromatic carbocycles. The molecule has 1 aromatic heterocycles. The highest BCUT2D eigenvalue weighted by Crippen LogP contribution is 2.22. The summed E-state index contributed by atoms with van der Waals surface area (Å²) in [5, 5.41) is 0.834. The van der Waals surface area contributed by atoms with Gasteiger partial charge in [-0.2, -0.15) is 0 Å². The summed E-state index contributed by atoms with van der Waals surface area (Å²) in [5.74, 6) is 0.611. The number of rotatable bonds is 5. The largest absolute Gasteiger partial charge is 0.494 e. The third-order valence-electron chi connectivity index (χ3n) is 3.73. The maximum absolute atomic E-state index is 12.5. The lowest BCUT2D eigenvalue weighted by molar-refractivity contribution is 0.340. The zero-order valence-electron chi connectivity index (χ0n) is 13.9. The lowest BCUT2D eigenvalue weighted by Gasteiger charge is -2.10. The molecule has 3 rings (SSSR count). The second-order valence-corrected chi connectivity index (χ2v) is 7.28. The van der Waals surface area contributed by atoms with Crippen molar-refractivity contribution in [3.63, 3.8) is 0 Å². The minimum Gasteiger partial charge on any atom is -0.494 e. The average molecular weight is 358 g/mol. The van der Waals surface area contributed by atoms with E-state index in [0.29, 0.717) is 29.1 Å². The molecule has 6 nitrogen and oxygen atoms in total. The Morgan fingerprint density at radius 3 is 2.48 bits per heavy atom. The molecule has 130 valence electrons. The van der Waals surface area contributed by atoms with Crippen LogP contribution in [0, 0.1) is 6.92 Å². The number of H-pyrrole nitrogens is 1. The van der Waals surface area contributed by atoms with Crippen molar-refractivity contribution in [2.45, 2.75) is 18.7 Å². The maximum atomic E-state index is 12.5. The monoisotopic (exact) mass is 358 g/mol. The third kappa shape index (κ3) is 3.66. The summed E-state index contributed by atoms with van der Waals surface area (Å²) in [6.45, 7) is 4.09. The van der Waals surface area contributed by atoms with Crippen LogP contribution in [0.15, 0.2) is 58.2 Å². The van der Waals surface area contributed by atoms with Crippen molar-refractivity contribution in [1.29, 1.82) is 0 Å². The molecule has 0 aliphatic carbocycles. The van der Waals surface area contributed by atoms with Crippen molar-refractivity contribution < 1.29 is 13.2 Å². The summed E-state index contributed by atoms with van der Waals surface area (Å²) >= 11 is 0. The lowest BCUT2D eigenvalue weighted by Crippen LogP contribution is -2.13. The Morgan fingerprint density at radius 2 is 1.80 bits per heavy atom. The van der Waals surface area contributed by atoms with Gasteiger partial charge in [0.1, 0.15) is 5.75 Å². The standard InChI is InChI=1S/C18H18N2O4S/c1-3-24-15-6-8-16(9-7-15)25(22,23)20-14-5-4-13-10-12(2)18(21)19-17(13)11-14/h4-11,20H,3H2,1-2H3,(H,19,21). The van der Waals surface area contributed by atoms with Gasteiger partial charge in [0, 0.05) is 5.56 Å². The predicted molar refractivity (Wildman–Crippen MR) is 97.7 cm³/mol. The SMILES string of the molecule is CCOc1ccc(S(=O)(=O)Nc2ccc3cc(C)c(=O)[nH]c3c2)cc1. The lowest BCUT2D eigenvalue weighted by atomic mass is 10.1. The Balaban J connectivity index is 1.91. The summed E-state index contributed by atoms with van der Waals surface area (Å²) < 4.78 is 32.8. The van der Waals surface area contributed by atoms with Crippen molar-refractivity contribution in [3.8, 4) is 5.75 Å². The first-order chi connectivity index (χ1) is 11.9. The van der Waals surface area contributed by atoms with E-state index in [9.17, 15) is 13.2 Å². The van der Waals surface area contributed by atoms with Gasteiger partial charge < -0.3 is 9.72 Å². The van der Waals surface area contributed by atoms with E-state index >= 15 is 0 Å². The molecule has 0 atom stereocenters. The normalized spacial score (nSPS) is 11.4. The predicted octanol–water partition coefficient (Wildman–Crippen LogP) is 3.04. The summed E-state index contributed by atoms with van der Waals surface area (Å²) in [4.78, 5) is 14.6. The Morgan fingerprint density at radius 1 is 1.08 bits per heavy atom. The minimum atomic E-state index is -3.73. The van der Waals surface area contributed by atoms with Crippen molar-refractivity contribution >= 4 is 26.6 Å². The fourth-order valence-corrected chi connectivity index (χ4v) is 3.52. The second kappa shape index (κ2) is 6.60. The van der Waals surface area contributed by atoms with Crippen LogP contribution in [0.2, 0.25) is 0 Å². The molecule has 0 amide bonds. The number of pyridine rings is 1. The highest BCUT2D eigenvalue weighted by Gasteiger charge is 2.14.